The molecule has 0 atom stereocenters. The second-order valence-electron chi connectivity index (χ2n) is 5.41. The number of carboxylic acids is 1. The van der Waals surface area contributed by atoms with E-state index in [2.05, 4.69) is 0 Å². The number of aliphatic carboxylic acids is 1. The molecule has 1 N–H and O–H groups in total. The van der Waals surface area contributed by atoms with Crippen molar-refractivity contribution in [2.45, 2.75) is 31.6 Å². The molecule has 0 radical (unpaired) electrons. The monoisotopic (exact) mass is 327 g/mol. The Bertz CT molecular complexity index is 694. The molecule has 0 bridgehead atoms. The Hall–Kier alpha value is -1.89. The first-order valence-corrected chi connectivity index (χ1v) is 8.71. The second kappa shape index (κ2) is 6.91. The quantitative estimate of drug-likeness (QED) is 0.857. The van der Waals surface area contributed by atoms with Crippen molar-refractivity contribution in [2.75, 3.05) is 19.8 Å². The van der Waals surface area contributed by atoms with Crippen LogP contribution >= 0.6 is 0 Å². The summed E-state index contributed by atoms with van der Waals surface area (Å²) in [6.45, 7) is 3.82. The second-order valence-corrected chi connectivity index (χ2v) is 7.42. The van der Waals surface area contributed by atoms with E-state index in [1.54, 1.807) is 27.0 Å². The van der Waals surface area contributed by atoms with Crippen LogP contribution in [-0.2, 0) is 14.6 Å². The summed E-state index contributed by atoms with van der Waals surface area (Å²) >= 11 is 0. The number of benzene rings is 1. The summed E-state index contributed by atoms with van der Waals surface area (Å²) in [4.78, 5) is 24.5. The van der Waals surface area contributed by atoms with Crippen LogP contribution in [0.1, 0.15) is 34.3 Å². The zero-order valence-electron chi connectivity index (χ0n) is 13.2. The molecule has 0 spiro atoms. The van der Waals surface area contributed by atoms with Crippen LogP contribution < -0.4 is 0 Å². The standard InChI is InChI=1S/C15H21NO5S/c1-10-8-12(22(4,20)21)9-13(11(10)2)15(19)16(3)7-5-6-14(17)18/h8-9H,5-7H2,1-4H3,(H,17,18). The summed E-state index contributed by atoms with van der Waals surface area (Å²) in [5.41, 5.74) is 1.78. The zero-order chi connectivity index (χ0) is 17.1. The Morgan fingerprint density at radius 2 is 1.82 bits per heavy atom. The van der Waals surface area contributed by atoms with E-state index in [0.717, 1.165) is 17.4 Å². The smallest absolute Gasteiger partial charge is 0.303 e. The molecule has 0 fully saturated rings. The van der Waals surface area contributed by atoms with Gasteiger partial charge in [-0.2, -0.15) is 0 Å². The van der Waals surface area contributed by atoms with E-state index in [9.17, 15) is 18.0 Å². The molecule has 1 aromatic carbocycles. The Balaban J connectivity index is 3.07. The number of rotatable bonds is 6. The van der Waals surface area contributed by atoms with Gasteiger partial charge in [0.2, 0.25) is 0 Å². The zero-order valence-corrected chi connectivity index (χ0v) is 14.0. The highest BCUT2D eigenvalue weighted by Gasteiger charge is 2.19. The fourth-order valence-corrected chi connectivity index (χ4v) is 2.76. The lowest BCUT2D eigenvalue weighted by Crippen LogP contribution is -2.29. The number of carboxylic acid groups (broad SMARTS) is 1. The number of carbonyl (C=O) groups excluding carboxylic acids is 1. The summed E-state index contributed by atoms with van der Waals surface area (Å²) in [5.74, 6) is -1.22. The number of aryl methyl sites for hydroxylation is 1. The van der Waals surface area contributed by atoms with Crippen molar-refractivity contribution >= 4 is 21.7 Å². The van der Waals surface area contributed by atoms with Gasteiger partial charge < -0.3 is 10.0 Å². The van der Waals surface area contributed by atoms with Crippen LogP contribution in [0.5, 0.6) is 0 Å². The average Bonchev–Trinajstić information content (AvgIpc) is 2.39. The van der Waals surface area contributed by atoms with E-state index in [-0.39, 0.29) is 17.2 Å². The molecule has 0 aromatic heterocycles. The maximum atomic E-state index is 12.5. The van der Waals surface area contributed by atoms with E-state index in [1.165, 1.54) is 11.0 Å². The summed E-state index contributed by atoms with van der Waals surface area (Å²) in [6, 6.07) is 2.93. The molecule has 0 saturated carbocycles. The molecule has 1 aromatic rings. The van der Waals surface area contributed by atoms with Crippen molar-refractivity contribution in [3.05, 3.63) is 28.8 Å². The van der Waals surface area contributed by atoms with Crippen molar-refractivity contribution in [2.24, 2.45) is 0 Å². The Morgan fingerprint density at radius 1 is 1.23 bits per heavy atom. The normalized spacial score (nSPS) is 11.3. The van der Waals surface area contributed by atoms with Gasteiger partial charge in [-0.1, -0.05) is 0 Å². The molecule has 7 heteroatoms. The predicted octanol–water partition coefficient (Wildman–Crippen LogP) is 1.64. The third kappa shape index (κ3) is 4.56. The Kier molecular flexibility index (Phi) is 5.71. The summed E-state index contributed by atoms with van der Waals surface area (Å²) in [7, 11) is -1.82. The van der Waals surface area contributed by atoms with Gasteiger partial charge in [-0.05, 0) is 43.5 Å². The van der Waals surface area contributed by atoms with E-state index in [0.29, 0.717) is 18.5 Å². The minimum atomic E-state index is -3.40. The fourth-order valence-electron chi connectivity index (χ4n) is 2.04. The van der Waals surface area contributed by atoms with E-state index in [1.807, 2.05) is 0 Å². The largest absolute Gasteiger partial charge is 0.481 e. The molecular formula is C15H21NO5S. The number of nitrogens with zero attached hydrogens (tertiary/aromatic N) is 1. The van der Waals surface area contributed by atoms with E-state index >= 15 is 0 Å². The Labute approximate surface area is 130 Å². The minimum Gasteiger partial charge on any atom is -0.481 e. The van der Waals surface area contributed by atoms with Gasteiger partial charge in [-0.25, -0.2) is 8.42 Å². The molecule has 0 aliphatic rings. The third-order valence-electron chi connectivity index (χ3n) is 3.53. The van der Waals surface area contributed by atoms with Crippen molar-refractivity contribution in [1.29, 1.82) is 0 Å². The highest BCUT2D eigenvalue weighted by atomic mass is 32.2. The molecule has 6 nitrogen and oxygen atoms in total. The summed E-state index contributed by atoms with van der Waals surface area (Å²) < 4.78 is 23.4. The average molecular weight is 327 g/mol. The Morgan fingerprint density at radius 3 is 2.32 bits per heavy atom. The number of amides is 1. The van der Waals surface area contributed by atoms with Gasteiger partial charge in [0, 0.05) is 31.8 Å². The maximum absolute atomic E-state index is 12.5. The minimum absolute atomic E-state index is 0.0149. The highest BCUT2D eigenvalue weighted by molar-refractivity contribution is 7.90. The molecule has 0 heterocycles. The lowest BCUT2D eigenvalue weighted by Gasteiger charge is -2.19. The van der Waals surface area contributed by atoms with Gasteiger partial charge in [-0.3, -0.25) is 9.59 Å². The third-order valence-corrected chi connectivity index (χ3v) is 4.62. The van der Waals surface area contributed by atoms with Crippen LogP contribution in [0.3, 0.4) is 0 Å². The molecule has 0 unspecified atom stereocenters. The number of hydrogen-bond donors (Lipinski definition) is 1. The van der Waals surface area contributed by atoms with Gasteiger partial charge in [0.05, 0.1) is 4.90 Å². The fraction of sp³-hybridized carbons (Fsp3) is 0.467. The van der Waals surface area contributed by atoms with Crippen molar-refractivity contribution in [1.82, 2.24) is 4.90 Å². The molecule has 22 heavy (non-hydrogen) atoms. The molecule has 0 saturated heterocycles. The first kappa shape index (κ1) is 18.2. The molecule has 0 aliphatic carbocycles. The van der Waals surface area contributed by atoms with Gasteiger partial charge in [-0.15, -0.1) is 0 Å². The summed E-state index contributed by atoms with van der Waals surface area (Å²) in [6.07, 6.45) is 1.43. The van der Waals surface area contributed by atoms with Crippen LogP contribution in [-0.4, -0.2) is 50.1 Å². The molecule has 0 aliphatic heterocycles. The van der Waals surface area contributed by atoms with Crippen LogP contribution in [0, 0.1) is 13.8 Å². The first-order valence-electron chi connectivity index (χ1n) is 6.82. The van der Waals surface area contributed by atoms with E-state index in [4.69, 9.17) is 5.11 Å². The number of sulfone groups is 1. The predicted molar refractivity (Wildman–Crippen MR) is 82.9 cm³/mol. The molecule has 122 valence electrons. The molecule has 1 rings (SSSR count). The first-order chi connectivity index (χ1) is 10.0. The SMILES string of the molecule is Cc1cc(S(C)(=O)=O)cc(C(=O)N(C)CCCC(=O)O)c1C. The molecular weight excluding hydrogens is 306 g/mol. The van der Waals surface area contributed by atoms with Crippen LogP contribution in [0.25, 0.3) is 0 Å². The van der Waals surface area contributed by atoms with Gasteiger partial charge in [0.25, 0.3) is 5.91 Å². The number of carbonyl (C=O) groups is 2. The topological polar surface area (TPSA) is 91.8 Å². The van der Waals surface area contributed by atoms with Gasteiger partial charge in [0.1, 0.15) is 0 Å². The highest BCUT2D eigenvalue weighted by Crippen LogP contribution is 2.21. The summed E-state index contributed by atoms with van der Waals surface area (Å²) in [5, 5.41) is 8.62. The van der Waals surface area contributed by atoms with Crippen molar-refractivity contribution in [3.8, 4) is 0 Å². The van der Waals surface area contributed by atoms with E-state index < -0.39 is 15.8 Å². The number of hydrogen-bond acceptors (Lipinski definition) is 4. The maximum Gasteiger partial charge on any atom is 0.303 e. The lowest BCUT2D eigenvalue weighted by molar-refractivity contribution is -0.137. The lowest BCUT2D eigenvalue weighted by atomic mass is 10.0. The van der Waals surface area contributed by atoms with Crippen LogP contribution in [0.2, 0.25) is 0 Å². The van der Waals surface area contributed by atoms with Crippen molar-refractivity contribution in [3.63, 3.8) is 0 Å². The van der Waals surface area contributed by atoms with Crippen LogP contribution in [0.4, 0.5) is 0 Å². The van der Waals surface area contributed by atoms with Crippen molar-refractivity contribution < 1.29 is 23.1 Å². The van der Waals surface area contributed by atoms with Gasteiger partial charge >= 0.3 is 5.97 Å². The van der Waals surface area contributed by atoms with Gasteiger partial charge in [0.15, 0.2) is 9.84 Å². The molecule has 1 amide bonds. The van der Waals surface area contributed by atoms with Crippen LogP contribution in [0.15, 0.2) is 17.0 Å².